The Hall–Kier alpha value is -2.71. The highest BCUT2D eigenvalue weighted by molar-refractivity contribution is 5.42. The SMILES string of the molecule is COc1ccc(C2CN(C(C)c3nn4c(C5CCOCC5)ncc4c(=O)[nH]3)C2)cc1. The van der Waals surface area contributed by atoms with Crippen LogP contribution in [0, 0.1) is 0 Å². The van der Waals surface area contributed by atoms with Crippen molar-refractivity contribution < 1.29 is 9.47 Å². The maximum atomic E-state index is 12.7. The van der Waals surface area contributed by atoms with E-state index in [0.29, 0.717) is 17.3 Å². The Labute approximate surface area is 174 Å². The molecule has 0 spiro atoms. The van der Waals surface area contributed by atoms with Gasteiger partial charge in [0.05, 0.1) is 19.3 Å². The van der Waals surface area contributed by atoms with E-state index >= 15 is 0 Å². The number of aromatic amines is 1. The highest BCUT2D eigenvalue weighted by Gasteiger charge is 2.33. The molecule has 1 aromatic carbocycles. The van der Waals surface area contributed by atoms with E-state index in [-0.39, 0.29) is 17.5 Å². The Bertz CT molecular complexity index is 1080. The van der Waals surface area contributed by atoms with Crippen LogP contribution in [-0.4, -0.2) is 57.9 Å². The zero-order valence-electron chi connectivity index (χ0n) is 17.4. The normalized spacial score (nSPS) is 19.7. The molecule has 4 heterocycles. The minimum Gasteiger partial charge on any atom is -0.497 e. The lowest BCUT2D eigenvalue weighted by atomic mass is 9.90. The van der Waals surface area contributed by atoms with Gasteiger partial charge < -0.3 is 14.5 Å². The molecule has 1 atom stereocenters. The van der Waals surface area contributed by atoms with E-state index in [1.807, 2.05) is 12.1 Å². The molecule has 2 aromatic heterocycles. The molecule has 158 valence electrons. The van der Waals surface area contributed by atoms with Crippen LogP contribution in [0.1, 0.15) is 54.9 Å². The quantitative estimate of drug-likeness (QED) is 0.697. The Kier molecular flexibility index (Phi) is 5.04. The van der Waals surface area contributed by atoms with Crippen molar-refractivity contribution in [2.45, 2.75) is 37.6 Å². The van der Waals surface area contributed by atoms with Gasteiger partial charge in [0.2, 0.25) is 0 Å². The van der Waals surface area contributed by atoms with E-state index in [9.17, 15) is 4.79 Å². The first-order valence-electron chi connectivity index (χ1n) is 10.6. The fourth-order valence-electron chi connectivity index (χ4n) is 4.44. The monoisotopic (exact) mass is 409 g/mol. The van der Waals surface area contributed by atoms with Gasteiger partial charge in [0, 0.05) is 38.1 Å². The van der Waals surface area contributed by atoms with Crippen molar-refractivity contribution in [2.24, 2.45) is 0 Å². The first-order chi connectivity index (χ1) is 14.6. The number of H-pyrrole nitrogens is 1. The van der Waals surface area contributed by atoms with Gasteiger partial charge in [0.1, 0.15) is 17.4 Å². The van der Waals surface area contributed by atoms with Crippen molar-refractivity contribution in [3.63, 3.8) is 0 Å². The third-order valence-corrected chi connectivity index (χ3v) is 6.47. The summed E-state index contributed by atoms with van der Waals surface area (Å²) < 4.78 is 12.5. The van der Waals surface area contributed by atoms with Crippen LogP contribution < -0.4 is 10.3 Å². The molecule has 0 amide bonds. The van der Waals surface area contributed by atoms with Crippen LogP contribution in [0.3, 0.4) is 0 Å². The molecule has 0 aliphatic carbocycles. The van der Waals surface area contributed by atoms with Crippen molar-refractivity contribution in [1.29, 1.82) is 0 Å². The lowest BCUT2D eigenvalue weighted by Gasteiger charge is -2.43. The summed E-state index contributed by atoms with van der Waals surface area (Å²) in [5.74, 6) is 3.20. The largest absolute Gasteiger partial charge is 0.497 e. The minimum absolute atomic E-state index is 0.0292. The van der Waals surface area contributed by atoms with Gasteiger partial charge >= 0.3 is 0 Å². The summed E-state index contributed by atoms with van der Waals surface area (Å²) in [5.41, 5.74) is 1.68. The third-order valence-electron chi connectivity index (χ3n) is 6.47. The molecule has 2 aliphatic rings. The summed E-state index contributed by atoms with van der Waals surface area (Å²) in [5, 5.41) is 4.79. The molecule has 0 bridgehead atoms. The number of nitrogens with zero attached hydrogens (tertiary/aromatic N) is 4. The van der Waals surface area contributed by atoms with Crippen molar-refractivity contribution in [3.8, 4) is 5.75 Å². The highest BCUT2D eigenvalue weighted by Crippen LogP contribution is 2.34. The van der Waals surface area contributed by atoms with Crippen LogP contribution in [0.15, 0.2) is 35.3 Å². The number of likely N-dealkylation sites (tertiary alicyclic amines) is 1. The molecule has 1 unspecified atom stereocenters. The van der Waals surface area contributed by atoms with Crippen molar-refractivity contribution in [2.75, 3.05) is 33.4 Å². The molecule has 2 saturated heterocycles. The van der Waals surface area contributed by atoms with E-state index in [0.717, 1.165) is 50.7 Å². The summed E-state index contributed by atoms with van der Waals surface area (Å²) in [6.45, 7) is 5.43. The number of aromatic nitrogens is 4. The molecule has 8 heteroatoms. The number of ether oxygens (including phenoxy) is 2. The molecule has 5 rings (SSSR count). The molecule has 0 saturated carbocycles. The Morgan fingerprint density at radius 2 is 1.90 bits per heavy atom. The smallest absolute Gasteiger partial charge is 0.277 e. The van der Waals surface area contributed by atoms with E-state index in [2.05, 4.69) is 33.9 Å². The highest BCUT2D eigenvalue weighted by atomic mass is 16.5. The van der Waals surface area contributed by atoms with E-state index in [1.165, 1.54) is 5.56 Å². The number of methoxy groups -OCH3 is 1. The maximum absolute atomic E-state index is 12.7. The Morgan fingerprint density at radius 3 is 2.60 bits per heavy atom. The van der Waals surface area contributed by atoms with Crippen LogP contribution in [-0.2, 0) is 4.74 Å². The number of fused-ring (bicyclic) bond motifs is 1. The number of hydrogen-bond donors (Lipinski definition) is 1. The molecule has 1 N–H and O–H groups in total. The molecule has 8 nitrogen and oxygen atoms in total. The molecular formula is C22H27N5O3. The van der Waals surface area contributed by atoms with Crippen LogP contribution >= 0.6 is 0 Å². The maximum Gasteiger partial charge on any atom is 0.277 e. The summed E-state index contributed by atoms with van der Waals surface area (Å²) in [6.07, 6.45) is 3.46. The van der Waals surface area contributed by atoms with E-state index < -0.39 is 0 Å². The lowest BCUT2D eigenvalue weighted by Crippen LogP contribution is -2.46. The van der Waals surface area contributed by atoms with Gasteiger partial charge in [-0.2, -0.15) is 5.10 Å². The standard InChI is InChI=1S/C22H27N5O3/c1-14(26-12-17(13-26)15-3-5-18(29-2)6-4-15)20-24-22(28)19-11-23-21(27(19)25-20)16-7-9-30-10-8-16/h3-6,11,14,16-17H,7-10,12-13H2,1-2H3,(H,24,25,28). The number of benzene rings is 1. The zero-order valence-corrected chi connectivity index (χ0v) is 17.4. The predicted octanol–water partition coefficient (Wildman–Crippen LogP) is 2.48. The molecular weight excluding hydrogens is 382 g/mol. The summed E-state index contributed by atoms with van der Waals surface area (Å²) >= 11 is 0. The minimum atomic E-state index is -0.134. The van der Waals surface area contributed by atoms with Gasteiger partial charge in [-0.05, 0) is 37.5 Å². The fourth-order valence-corrected chi connectivity index (χ4v) is 4.44. The van der Waals surface area contributed by atoms with Gasteiger partial charge in [-0.15, -0.1) is 0 Å². The summed E-state index contributed by atoms with van der Waals surface area (Å²) in [6, 6.07) is 8.30. The van der Waals surface area contributed by atoms with Crippen molar-refractivity contribution in [3.05, 3.63) is 58.0 Å². The Balaban J connectivity index is 1.35. The average Bonchev–Trinajstić information content (AvgIpc) is 3.18. The fraction of sp³-hybridized carbons (Fsp3) is 0.500. The number of hydrogen-bond acceptors (Lipinski definition) is 6. The van der Waals surface area contributed by atoms with Gasteiger partial charge in [0.25, 0.3) is 5.56 Å². The molecule has 3 aromatic rings. The van der Waals surface area contributed by atoms with Crippen LogP contribution in [0.2, 0.25) is 0 Å². The lowest BCUT2D eigenvalue weighted by molar-refractivity contribution is 0.0829. The second-order valence-corrected chi connectivity index (χ2v) is 8.24. The van der Waals surface area contributed by atoms with Crippen LogP contribution in [0.5, 0.6) is 5.75 Å². The van der Waals surface area contributed by atoms with Gasteiger partial charge in [-0.25, -0.2) is 9.50 Å². The van der Waals surface area contributed by atoms with Gasteiger partial charge in [0.15, 0.2) is 5.52 Å². The summed E-state index contributed by atoms with van der Waals surface area (Å²) in [7, 11) is 1.68. The van der Waals surface area contributed by atoms with Crippen molar-refractivity contribution in [1.82, 2.24) is 24.5 Å². The first-order valence-corrected chi connectivity index (χ1v) is 10.6. The molecule has 30 heavy (non-hydrogen) atoms. The van der Waals surface area contributed by atoms with Crippen LogP contribution in [0.25, 0.3) is 5.52 Å². The average molecular weight is 409 g/mol. The molecule has 0 radical (unpaired) electrons. The molecule has 2 fully saturated rings. The summed E-state index contributed by atoms with van der Waals surface area (Å²) in [4.78, 5) is 22.5. The number of rotatable bonds is 5. The zero-order chi connectivity index (χ0) is 20.7. The second-order valence-electron chi connectivity index (χ2n) is 8.24. The topological polar surface area (TPSA) is 84.8 Å². The van der Waals surface area contributed by atoms with Crippen molar-refractivity contribution >= 4 is 5.52 Å². The number of imidazole rings is 1. The van der Waals surface area contributed by atoms with E-state index in [4.69, 9.17) is 14.6 Å². The second kappa shape index (κ2) is 7.85. The van der Waals surface area contributed by atoms with E-state index in [1.54, 1.807) is 17.8 Å². The van der Waals surface area contributed by atoms with Crippen LogP contribution in [0.4, 0.5) is 0 Å². The molecule has 2 aliphatic heterocycles. The number of nitrogens with one attached hydrogen (secondary N) is 1. The predicted molar refractivity (Wildman–Crippen MR) is 112 cm³/mol. The third kappa shape index (κ3) is 3.40. The Morgan fingerprint density at radius 1 is 1.17 bits per heavy atom. The van der Waals surface area contributed by atoms with Gasteiger partial charge in [-0.1, -0.05) is 12.1 Å². The first kappa shape index (κ1) is 19.3. The van der Waals surface area contributed by atoms with Gasteiger partial charge in [-0.3, -0.25) is 9.69 Å².